The van der Waals surface area contributed by atoms with E-state index in [4.69, 9.17) is 15.3 Å². The lowest BCUT2D eigenvalue weighted by Crippen LogP contribution is -2.48. The highest BCUT2D eigenvalue weighted by atomic mass is 16.4. The molecule has 0 unspecified atom stereocenters. The van der Waals surface area contributed by atoms with Crippen LogP contribution in [-0.2, 0) is 19.2 Å². The third kappa shape index (κ3) is 21.7. The Hall–Kier alpha value is -1.92. The smallest absolute Gasteiger partial charge is 0.317 e. The number of carboxylic acid groups (broad SMARTS) is 2. The van der Waals surface area contributed by atoms with E-state index in [1.807, 2.05) is 37.5 Å². The molecule has 1 fully saturated rings. The zero-order valence-electron chi connectivity index (χ0n) is 21.3. The van der Waals surface area contributed by atoms with Crippen LogP contribution < -0.4 is 0 Å². The quantitative estimate of drug-likeness (QED) is 0.400. The maximum atomic E-state index is 11.5. The molecule has 1 aliphatic rings. The van der Waals surface area contributed by atoms with Crippen LogP contribution in [0.25, 0.3) is 0 Å². The molecular weight excluding hydrogens is 432 g/mol. The molecular formula is C22H46N4O7. The second-order valence-electron chi connectivity index (χ2n) is 6.79. The molecule has 0 saturated carbocycles. The Kier molecular flexibility index (Phi) is 26.7. The number of ketones is 1. The Balaban J connectivity index is -0.00000138. The topological polar surface area (TPSA) is 142 Å². The highest BCUT2D eigenvalue weighted by molar-refractivity contribution is 5.77. The van der Waals surface area contributed by atoms with Gasteiger partial charge in [0.1, 0.15) is 12.1 Å². The van der Waals surface area contributed by atoms with Crippen molar-refractivity contribution in [3.05, 3.63) is 0 Å². The van der Waals surface area contributed by atoms with E-state index in [1.165, 1.54) is 6.92 Å². The summed E-state index contributed by atoms with van der Waals surface area (Å²) in [6.07, 6.45) is 0.817. The van der Waals surface area contributed by atoms with Gasteiger partial charge in [0.25, 0.3) is 0 Å². The van der Waals surface area contributed by atoms with Crippen molar-refractivity contribution in [1.29, 1.82) is 0 Å². The molecule has 0 radical (unpaired) electrons. The average molecular weight is 479 g/mol. The van der Waals surface area contributed by atoms with Crippen LogP contribution in [0.2, 0.25) is 0 Å². The molecule has 0 bridgehead atoms. The van der Waals surface area contributed by atoms with E-state index in [2.05, 4.69) is 0 Å². The maximum Gasteiger partial charge on any atom is 0.317 e. The van der Waals surface area contributed by atoms with Crippen LogP contribution in [0.5, 0.6) is 0 Å². The fraction of sp³-hybridized carbons (Fsp3) is 0.818. The Labute approximate surface area is 198 Å². The second-order valence-corrected chi connectivity index (χ2v) is 6.79. The monoisotopic (exact) mass is 478 g/mol. The first kappa shape index (κ1) is 35.7. The fourth-order valence-electron chi connectivity index (χ4n) is 3.04. The first-order chi connectivity index (χ1) is 15.8. The highest BCUT2D eigenvalue weighted by Crippen LogP contribution is 2.01. The first-order valence-corrected chi connectivity index (χ1v) is 11.5. The number of aliphatic hydroxyl groups excluding tert-OH is 1. The summed E-state index contributed by atoms with van der Waals surface area (Å²) >= 11 is 0. The maximum absolute atomic E-state index is 11.5. The minimum atomic E-state index is -0.943. The molecule has 33 heavy (non-hydrogen) atoms. The van der Waals surface area contributed by atoms with Gasteiger partial charge in [-0.3, -0.25) is 34.0 Å². The van der Waals surface area contributed by atoms with Crippen LogP contribution in [0.3, 0.4) is 0 Å². The van der Waals surface area contributed by atoms with Crippen molar-refractivity contribution in [3.63, 3.8) is 0 Å². The number of hydrogen-bond acceptors (Lipinski definition) is 9. The minimum Gasteiger partial charge on any atom is -0.480 e. The largest absolute Gasteiger partial charge is 0.480 e. The second kappa shape index (κ2) is 24.7. The van der Waals surface area contributed by atoms with Crippen molar-refractivity contribution >= 4 is 24.0 Å². The minimum absolute atomic E-state index is 0.0291. The normalized spacial score (nSPS) is 16.7. The van der Waals surface area contributed by atoms with Gasteiger partial charge in [0.05, 0.1) is 26.2 Å². The number of Topliss-reactive ketones (excluding diaryl/α,β-unsaturated/α-hetero) is 1. The molecule has 1 rings (SSSR count). The van der Waals surface area contributed by atoms with E-state index in [-0.39, 0.29) is 32.0 Å². The molecule has 11 nitrogen and oxygen atoms in total. The summed E-state index contributed by atoms with van der Waals surface area (Å²) in [5.41, 5.74) is 0. The lowest BCUT2D eigenvalue weighted by Gasteiger charge is -2.32. The lowest BCUT2D eigenvalue weighted by atomic mass is 10.3. The molecule has 3 N–H and O–H groups in total. The molecule has 0 spiro atoms. The number of rotatable bonds is 8. The van der Waals surface area contributed by atoms with Gasteiger partial charge in [0, 0.05) is 59.5 Å². The molecule has 196 valence electrons. The third-order valence-electron chi connectivity index (χ3n) is 4.43. The Morgan fingerprint density at radius 2 is 0.909 bits per heavy atom. The standard InChI is InChI=1S/C17H30N4O6.2C2H6.CH4O/c1-15(23)12-19-4-2-18(10-11-22)3-5-20(13-16(24)25)8-9-21(7-6-19)14-17(26)27;3*1-2/h11H,2-10,12-14H2,1H3,(H,24,25)(H,26,27);2*1-2H3;2H,1H3. The van der Waals surface area contributed by atoms with Crippen molar-refractivity contribution in [2.45, 2.75) is 34.6 Å². The summed E-state index contributed by atoms with van der Waals surface area (Å²) in [6.45, 7) is 13.8. The fourth-order valence-corrected chi connectivity index (χ4v) is 3.04. The summed E-state index contributed by atoms with van der Waals surface area (Å²) in [5.74, 6) is -1.86. The van der Waals surface area contributed by atoms with Crippen LogP contribution >= 0.6 is 0 Å². The van der Waals surface area contributed by atoms with Gasteiger partial charge in [-0.25, -0.2) is 0 Å². The Morgan fingerprint density at radius 3 is 1.15 bits per heavy atom. The molecule has 1 aliphatic heterocycles. The molecule has 1 saturated heterocycles. The molecule has 0 aromatic rings. The zero-order chi connectivity index (χ0) is 26.2. The van der Waals surface area contributed by atoms with Gasteiger partial charge in [-0.15, -0.1) is 0 Å². The molecule has 0 aliphatic carbocycles. The van der Waals surface area contributed by atoms with Crippen LogP contribution in [-0.4, -0.2) is 145 Å². The van der Waals surface area contributed by atoms with E-state index in [1.54, 1.807) is 9.80 Å². The van der Waals surface area contributed by atoms with Crippen LogP contribution in [0.15, 0.2) is 0 Å². The molecule has 0 atom stereocenters. The van der Waals surface area contributed by atoms with Gasteiger partial charge in [0.15, 0.2) is 0 Å². The average Bonchev–Trinajstić information content (AvgIpc) is 2.78. The summed E-state index contributed by atoms with van der Waals surface area (Å²) in [4.78, 5) is 52.1. The number of carbonyl (C=O) groups is 4. The predicted molar refractivity (Wildman–Crippen MR) is 129 cm³/mol. The highest BCUT2D eigenvalue weighted by Gasteiger charge is 2.19. The van der Waals surface area contributed by atoms with E-state index in [0.29, 0.717) is 52.4 Å². The number of aliphatic carboxylic acids is 2. The van der Waals surface area contributed by atoms with Crippen molar-refractivity contribution in [2.75, 3.05) is 85.6 Å². The molecule has 0 aromatic heterocycles. The number of nitrogens with zero attached hydrogens (tertiary/aromatic N) is 4. The van der Waals surface area contributed by atoms with Crippen LogP contribution in [0.1, 0.15) is 34.6 Å². The number of aliphatic hydroxyl groups is 1. The van der Waals surface area contributed by atoms with Gasteiger partial charge in [-0.05, 0) is 6.92 Å². The first-order valence-electron chi connectivity index (χ1n) is 11.5. The lowest BCUT2D eigenvalue weighted by molar-refractivity contribution is -0.140. The summed E-state index contributed by atoms with van der Waals surface area (Å²) in [6, 6.07) is 0. The van der Waals surface area contributed by atoms with E-state index in [0.717, 1.165) is 13.4 Å². The molecule has 0 amide bonds. The summed E-state index contributed by atoms with van der Waals surface area (Å²) in [7, 11) is 1.00. The summed E-state index contributed by atoms with van der Waals surface area (Å²) in [5, 5.41) is 25.2. The van der Waals surface area contributed by atoms with Gasteiger partial charge in [-0.1, -0.05) is 27.7 Å². The van der Waals surface area contributed by atoms with Crippen molar-refractivity contribution < 1.29 is 34.5 Å². The zero-order valence-corrected chi connectivity index (χ0v) is 21.3. The van der Waals surface area contributed by atoms with Gasteiger partial charge < -0.3 is 20.1 Å². The number of carbonyl (C=O) groups excluding carboxylic acids is 2. The third-order valence-corrected chi connectivity index (χ3v) is 4.43. The van der Waals surface area contributed by atoms with Crippen LogP contribution in [0.4, 0.5) is 0 Å². The predicted octanol–water partition coefficient (Wildman–Crippen LogP) is -0.174. The SMILES string of the molecule is CC.CC.CC(=O)CN1CCN(CC=O)CCN(CC(=O)O)CCN(CC(=O)O)CC1.CO. The summed E-state index contributed by atoms with van der Waals surface area (Å²) < 4.78 is 0. The number of aldehydes is 1. The number of hydrogen-bond donors (Lipinski definition) is 3. The van der Waals surface area contributed by atoms with E-state index < -0.39 is 11.9 Å². The van der Waals surface area contributed by atoms with Gasteiger partial charge >= 0.3 is 11.9 Å². The Morgan fingerprint density at radius 1 is 0.636 bits per heavy atom. The Bertz CT molecular complexity index is 489. The van der Waals surface area contributed by atoms with E-state index in [9.17, 15) is 19.2 Å². The van der Waals surface area contributed by atoms with Gasteiger partial charge in [0.2, 0.25) is 0 Å². The van der Waals surface area contributed by atoms with Gasteiger partial charge in [-0.2, -0.15) is 0 Å². The number of carboxylic acids is 2. The molecule has 0 aromatic carbocycles. The molecule has 11 heteroatoms. The molecule has 1 heterocycles. The van der Waals surface area contributed by atoms with Crippen molar-refractivity contribution in [3.8, 4) is 0 Å². The van der Waals surface area contributed by atoms with Crippen molar-refractivity contribution in [2.24, 2.45) is 0 Å². The van der Waals surface area contributed by atoms with E-state index >= 15 is 0 Å². The van der Waals surface area contributed by atoms with Crippen LogP contribution in [0, 0.1) is 0 Å². The van der Waals surface area contributed by atoms with Crippen molar-refractivity contribution in [1.82, 2.24) is 19.6 Å².